The molecule has 1 saturated carbocycles. The number of H-pyrrole nitrogens is 1. The van der Waals surface area contributed by atoms with E-state index in [9.17, 15) is 4.79 Å². The van der Waals surface area contributed by atoms with E-state index in [-0.39, 0.29) is 6.61 Å². The zero-order chi connectivity index (χ0) is 12.1. The molecule has 92 valence electrons. The molecule has 1 aromatic rings. The van der Waals surface area contributed by atoms with Crippen LogP contribution in [0.4, 0.5) is 4.79 Å². The Kier molecular flexibility index (Phi) is 3.80. The van der Waals surface area contributed by atoms with Gasteiger partial charge in [0.25, 0.3) is 0 Å². The van der Waals surface area contributed by atoms with Crippen molar-refractivity contribution in [1.29, 1.82) is 0 Å². The first-order chi connectivity index (χ1) is 8.29. The molecule has 1 aliphatic carbocycles. The predicted molar refractivity (Wildman–Crippen MR) is 63.6 cm³/mol. The highest BCUT2D eigenvalue weighted by atomic mass is 16.5. The van der Waals surface area contributed by atoms with E-state index in [2.05, 4.69) is 22.1 Å². The highest BCUT2D eigenvalue weighted by molar-refractivity contribution is 5.67. The number of alkyl carbamates (subject to hydrolysis) is 1. The Morgan fingerprint density at radius 1 is 1.71 bits per heavy atom. The minimum Gasteiger partial charge on any atom is -0.445 e. The number of carbonyl (C=O) groups excluding carboxylic acids is 1. The molecule has 0 radical (unpaired) electrons. The number of aromatic amines is 1. The summed E-state index contributed by atoms with van der Waals surface area (Å²) in [5.41, 5.74) is 2.01. The molecule has 0 bridgehead atoms. The van der Waals surface area contributed by atoms with Gasteiger partial charge in [0.05, 0.1) is 17.9 Å². The number of nitrogens with one attached hydrogen (secondary N) is 2. The summed E-state index contributed by atoms with van der Waals surface area (Å²) in [7, 11) is 0. The Labute approximate surface area is 100 Å². The molecule has 17 heavy (non-hydrogen) atoms. The molecule has 2 rings (SSSR count). The maximum absolute atomic E-state index is 11.2. The van der Waals surface area contributed by atoms with E-state index in [1.54, 1.807) is 0 Å². The lowest BCUT2D eigenvalue weighted by Gasteiger charge is -2.22. The van der Waals surface area contributed by atoms with E-state index in [0.29, 0.717) is 12.5 Å². The molecule has 2 N–H and O–H groups in total. The summed E-state index contributed by atoms with van der Waals surface area (Å²) in [5, 5.41) is 9.81. The summed E-state index contributed by atoms with van der Waals surface area (Å²) in [4.78, 5) is 11.2. The molecular weight excluding hydrogens is 218 g/mol. The van der Waals surface area contributed by atoms with Crippen LogP contribution in [0.5, 0.6) is 0 Å². The summed E-state index contributed by atoms with van der Waals surface area (Å²) in [6.45, 7) is 4.11. The van der Waals surface area contributed by atoms with E-state index >= 15 is 0 Å². The maximum Gasteiger partial charge on any atom is 0.407 e. The van der Waals surface area contributed by atoms with E-state index in [4.69, 9.17) is 4.74 Å². The molecule has 0 atom stereocenters. The fraction of sp³-hybridized carbons (Fsp3) is 0.500. The van der Waals surface area contributed by atoms with Crippen molar-refractivity contribution in [3.8, 4) is 0 Å². The van der Waals surface area contributed by atoms with Crippen molar-refractivity contribution >= 4 is 6.09 Å². The Balaban J connectivity index is 1.76. The third-order valence-electron chi connectivity index (χ3n) is 2.93. The Morgan fingerprint density at radius 3 is 3.18 bits per heavy atom. The van der Waals surface area contributed by atoms with Gasteiger partial charge in [-0.2, -0.15) is 5.10 Å². The van der Waals surface area contributed by atoms with Gasteiger partial charge in [-0.1, -0.05) is 19.1 Å². The van der Waals surface area contributed by atoms with Crippen LogP contribution in [0.15, 0.2) is 18.7 Å². The van der Waals surface area contributed by atoms with Crippen molar-refractivity contribution < 1.29 is 9.53 Å². The third kappa shape index (κ3) is 3.09. The summed E-state index contributed by atoms with van der Waals surface area (Å²) in [6.07, 6.45) is 4.83. The lowest BCUT2D eigenvalue weighted by molar-refractivity contribution is 0.157. The number of rotatable bonds is 5. The molecule has 1 amide bonds. The quantitative estimate of drug-likeness (QED) is 0.768. The molecule has 5 nitrogen and oxygen atoms in total. The molecule has 0 spiro atoms. The van der Waals surface area contributed by atoms with Gasteiger partial charge in [-0.15, -0.1) is 0 Å². The van der Waals surface area contributed by atoms with Crippen LogP contribution in [-0.2, 0) is 11.3 Å². The number of amides is 1. The van der Waals surface area contributed by atoms with Crippen LogP contribution in [-0.4, -0.2) is 22.9 Å². The highest BCUT2D eigenvalue weighted by Gasteiger charge is 2.21. The fourth-order valence-corrected chi connectivity index (χ4v) is 1.74. The number of aromatic nitrogens is 2. The molecule has 0 aliphatic heterocycles. The average Bonchev–Trinajstić information content (AvgIpc) is 2.69. The SMILES string of the molecule is C=CCOC(=O)NCc1cc(C2CCC2)n[nH]1. The second-order valence-corrected chi connectivity index (χ2v) is 4.19. The van der Waals surface area contributed by atoms with Gasteiger partial charge in [-0.05, 0) is 18.9 Å². The number of carbonyl (C=O) groups is 1. The molecule has 1 aromatic heterocycles. The van der Waals surface area contributed by atoms with Gasteiger partial charge in [0, 0.05) is 5.92 Å². The largest absolute Gasteiger partial charge is 0.445 e. The molecule has 0 aromatic carbocycles. The monoisotopic (exact) mass is 235 g/mol. The van der Waals surface area contributed by atoms with Crippen molar-refractivity contribution in [3.63, 3.8) is 0 Å². The summed E-state index contributed by atoms with van der Waals surface area (Å²) >= 11 is 0. The second-order valence-electron chi connectivity index (χ2n) is 4.19. The summed E-state index contributed by atoms with van der Waals surface area (Å²) in [5.74, 6) is 0.604. The lowest BCUT2D eigenvalue weighted by Crippen LogP contribution is -2.23. The van der Waals surface area contributed by atoms with Gasteiger partial charge in [-0.3, -0.25) is 5.10 Å². The van der Waals surface area contributed by atoms with Crippen molar-refractivity contribution in [2.45, 2.75) is 31.7 Å². The van der Waals surface area contributed by atoms with Crippen molar-refractivity contribution in [3.05, 3.63) is 30.1 Å². The Morgan fingerprint density at radius 2 is 2.53 bits per heavy atom. The van der Waals surface area contributed by atoms with Crippen molar-refractivity contribution in [2.75, 3.05) is 6.61 Å². The normalized spacial score (nSPS) is 15.1. The van der Waals surface area contributed by atoms with E-state index < -0.39 is 6.09 Å². The first-order valence-corrected chi connectivity index (χ1v) is 5.85. The third-order valence-corrected chi connectivity index (χ3v) is 2.93. The average molecular weight is 235 g/mol. The molecule has 0 unspecified atom stereocenters. The van der Waals surface area contributed by atoms with E-state index in [1.165, 1.54) is 25.3 Å². The van der Waals surface area contributed by atoms with Gasteiger partial charge in [0.1, 0.15) is 6.61 Å². The predicted octanol–water partition coefficient (Wildman–Crippen LogP) is 2.09. The first-order valence-electron chi connectivity index (χ1n) is 5.85. The minimum absolute atomic E-state index is 0.224. The Hall–Kier alpha value is -1.78. The molecule has 1 aliphatic rings. The molecule has 0 saturated heterocycles. The van der Waals surface area contributed by atoms with E-state index in [0.717, 1.165) is 11.4 Å². The first kappa shape index (κ1) is 11.7. The standard InChI is InChI=1S/C12H17N3O2/c1-2-6-17-12(16)13-8-10-7-11(15-14-10)9-4-3-5-9/h2,7,9H,1,3-6,8H2,(H,13,16)(H,14,15). The van der Waals surface area contributed by atoms with Crippen LogP contribution in [0, 0.1) is 0 Å². The summed E-state index contributed by atoms with van der Waals surface area (Å²) in [6, 6.07) is 2.01. The fourth-order valence-electron chi connectivity index (χ4n) is 1.74. The molecular formula is C12H17N3O2. The number of hydrogen-bond donors (Lipinski definition) is 2. The van der Waals surface area contributed by atoms with Gasteiger partial charge < -0.3 is 10.1 Å². The van der Waals surface area contributed by atoms with Crippen molar-refractivity contribution in [2.24, 2.45) is 0 Å². The lowest BCUT2D eigenvalue weighted by atomic mass is 9.83. The minimum atomic E-state index is -0.440. The molecule has 1 heterocycles. The topological polar surface area (TPSA) is 67.0 Å². The van der Waals surface area contributed by atoms with E-state index in [1.807, 2.05) is 6.07 Å². The van der Waals surface area contributed by atoms with Crippen LogP contribution in [0.25, 0.3) is 0 Å². The van der Waals surface area contributed by atoms with Crippen LogP contribution < -0.4 is 5.32 Å². The zero-order valence-corrected chi connectivity index (χ0v) is 9.74. The van der Waals surface area contributed by atoms with Gasteiger partial charge in [0.2, 0.25) is 0 Å². The van der Waals surface area contributed by atoms with Gasteiger partial charge in [-0.25, -0.2) is 4.79 Å². The van der Waals surface area contributed by atoms with Gasteiger partial charge >= 0.3 is 6.09 Å². The number of hydrogen-bond acceptors (Lipinski definition) is 3. The van der Waals surface area contributed by atoms with Crippen LogP contribution in [0.1, 0.15) is 36.6 Å². The summed E-state index contributed by atoms with van der Waals surface area (Å²) < 4.78 is 4.80. The zero-order valence-electron chi connectivity index (χ0n) is 9.74. The maximum atomic E-state index is 11.2. The van der Waals surface area contributed by atoms with Gasteiger partial charge in [0.15, 0.2) is 0 Å². The number of ether oxygens (including phenoxy) is 1. The highest BCUT2D eigenvalue weighted by Crippen LogP contribution is 2.35. The van der Waals surface area contributed by atoms with Crippen molar-refractivity contribution in [1.82, 2.24) is 15.5 Å². The molecule has 1 fully saturated rings. The van der Waals surface area contributed by atoms with Crippen LogP contribution >= 0.6 is 0 Å². The Bertz CT molecular complexity index is 396. The van der Waals surface area contributed by atoms with Crippen LogP contribution in [0.3, 0.4) is 0 Å². The molecule has 5 heteroatoms. The smallest absolute Gasteiger partial charge is 0.407 e. The van der Waals surface area contributed by atoms with Crippen LogP contribution in [0.2, 0.25) is 0 Å². The number of nitrogens with zero attached hydrogens (tertiary/aromatic N) is 1. The second kappa shape index (κ2) is 5.52.